The van der Waals surface area contributed by atoms with E-state index >= 15 is 0 Å². The van der Waals surface area contributed by atoms with E-state index in [0.717, 1.165) is 31.4 Å². The van der Waals surface area contributed by atoms with Gasteiger partial charge in [0.1, 0.15) is 0 Å². The number of guanidine groups is 1. The number of aliphatic imine (C=N–C) groups is 1. The maximum atomic E-state index is 4.30. The van der Waals surface area contributed by atoms with Crippen molar-refractivity contribution in [3.63, 3.8) is 0 Å². The van der Waals surface area contributed by atoms with E-state index in [9.17, 15) is 0 Å². The van der Waals surface area contributed by atoms with Crippen LogP contribution >= 0.6 is 24.0 Å². The number of nitrogens with one attached hydrogen (secondary N) is 2. The Kier molecular flexibility index (Phi) is 9.31. The summed E-state index contributed by atoms with van der Waals surface area (Å²) in [6.45, 7) is 5.85. The zero-order chi connectivity index (χ0) is 14.2. The van der Waals surface area contributed by atoms with Crippen molar-refractivity contribution in [2.45, 2.75) is 57.5 Å². The standard InChI is InChI=1S/C16H30N4.HI/c1-14-8-5-6-12-20(14)13-7-11-18-16(17-2)19-15-9-3-4-10-15;/h3-4,14-15H,5-13H2,1-2H3,(H2,17,18,19);1H. The van der Waals surface area contributed by atoms with Gasteiger partial charge in [-0.1, -0.05) is 18.6 Å². The molecule has 5 heteroatoms. The van der Waals surface area contributed by atoms with E-state index in [4.69, 9.17) is 0 Å². The van der Waals surface area contributed by atoms with Gasteiger partial charge in [-0.25, -0.2) is 0 Å². The van der Waals surface area contributed by atoms with E-state index in [0.29, 0.717) is 6.04 Å². The summed E-state index contributed by atoms with van der Waals surface area (Å²) in [4.78, 5) is 6.93. The van der Waals surface area contributed by atoms with E-state index in [1.807, 2.05) is 7.05 Å². The van der Waals surface area contributed by atoms with E-state index in [2.05, 4.69) is 39.6 Å². The monoisotopic (exact) mass is 406 g/mol. The molecule has 2 aliphatic rings. The van der Waals surface area contributed by atoms with Crippen molar-refractivity contribution in [3.05, 3.63) is 12.2 Å². The smallest absolute Gasteiger partial charge is 0.191 e. The van der Waals surface area contributed by atoms with Gasteiger partial charge in [-0.05, 0) is 45.6 Å². The summed E-state index contributed by atoms with van der Waals surface area (Å²) in [5, 5.41) is 6.91. The molecule has 0 amide bonds. The molecule has 1 saturated heterocycles. The Morgan fingerprint density at radius 3 is 2.71 bits per heavy atom. The van der Waals surface area contributed by atoms with Crippen molar-refractivity contribution >= 4 is 29.9 Å². The van der Waals surface area contributed by atoms with Crippen molar-refractivity contribution in [2.24, 2.45) is 4.99 Å². The highest BCUT2D eigenvalue weighted by Crippen LogP contribution is 2.16. The van der Waals surface area contributed by atoms with Gasteiger partial charge in [0.2, 0.25) is 0 Å². The largest absolute Gasteiger partial charge is 0.356 e. The highest BCUT2D eigenvalue weighted by Gasteiger charge is 2.17. The minimum Gasteiger partial charge on any atom is -0.356 e. The summed E-state index contributed by atoms with van der Waals surface area (Å²) in [6.07, 6.45) is 12.0. The van der Waals surface area contributed by atoms with Gasteiger partial charge in [0.05, 0.1) is 0 Å². The molecule has 0 spiro atoms. The fourth-order valence-corrected chi connectivity index (χ4v) is 3.10. The van der Waals surface area contributed by atoms with E-state index in [-0.39, 0.29) is 24.0 Å². The number of hydrogen-bond donors (Lipinski definition) is 2. The zero-order valence-electron chi connectivity index (χ0n) is 13.5. The Balaban J connectivity index is 0.00000220. The fraction of sp³-hybridized carbons (Fsp3) is 0.812. The quantitative estimate of drug-likeness (QED) is 0.243. The number of piperidine rings is 1. The van der Waals surface area contributed by atoms with Gasteiger partial charge in [0.25, 0.3) is 0 Å². The second-order valence-corrected chi connectivity index (χ2v) is 6.02. The summed E-state index contributed by atoms with van der Waals surface area (Å²) in [7, 11) is 1.85. The summed E-state index contributed by atoms with van der Waals surface area (Å²) >= 11 is 0. The first-order valence-electron chi connectivity index (χ1n) is 8.16. The van der Waals surface area contributed by atoms with E-state index < -0.39 is 0 Å². The number of rotatable bonds is 5. The molecule has 1 unspecified atom stereocenters. The first-order chi connectivity index (χ1) is 9.79. The molecule has 1 atom stereocenters. The van der Waals surface area contributed by atoms with E-state index in [1.54, 1.807) is 0 Å². The first kappa shape index (κ1) is 18.7. The van der Waals surface area contributed by atoms with Crippen molar-refractivity contribution in [1.29, 1.82) is 0 Å². The van der Waals surface area contributed by atoms with Crippen LogP contribution in [0.5, 0.6) is 0 Å². The molecule has 2 N–H and O–H groups in total. The minimum atomic E-state index is 0. The first-order valence-corrected chi connectivity index (χ1v) is 8.16. The lowest BCUT2D eigenvalue weighted by atomic mass is 10.0. The van der Waals surface area contributed by atoms with Crippen molar-refractivity contribution in [3.8, 4) is 0 Å². The third-order valence-electron chi connectivity index (χ3n) is 4.43. The van der Waals surface area contributed by atoms with Gasteiger partial charge < -0.3 is 15.5 Å². The van der Waals surface area contributed by atoms with Crippen LogP contribution in [0.2, 0.25) is 0 Å². The third-order valence-corrected chi connectivity index (χ3v) is 4.43. The van der Waals surface area contributed by atoms with Crippen LogP contribution in [-0.2, 0) is 0 Å². The Morgan fingerprint density at radius 2 is 2.05 bits per heavy atom. The molecule has 1 heterocycles. The van der Waals surface area contributed by atoms with Crippen molar-refractivity contribution < 1.29 is 0 Å². The molecule has 0 bridgehead atoms. The summed E-state index contributed by atoms with van der Waals surface area (Å²) < 4.78 is 0. The van der Waals surface area contributed by atoms with Crippen LogP contribution in [0.3, 0.4) is 0 Å². The van der Waals surface area contributed by atoms with Crippen LogP contribution < -0.4 is 10.6 Å². The van der Waals surface area contributed by atoms with Gasteiger partial charge in [-0.2, -0.15) is 0 Å². The fourth-order valence-electron chi connectivity index (χ4n) is 3.10. The number of nitrogens with zero attached hydrogens (tertiary/aromatic N) is 2. The molecule has 21 heavy (non-hydrogen) atoms. The third kappa shape index (κ3) is 6.55. The van der Waals surface area contributed by atoms with E-state index in [1.165, 1.54) is 38.8 Å². The van der Waals surface area contributed by atoms with Gasteiger partial charge in [-0.3, -0.25) is 4.99 Å². The lowest BCUT2D eigenvalue weighted by molar-refractivity contribution is 0.159. The number of likely N-dealkylation sites (tertiary alicyclic amines) is 1. The summed E-state index contributed by atoms with van der Waals surface area (Å²) in [5.41, 5.74) is 0. The Hall–Kier alpha value is -0.300. The Morgan fingerprint density at radius 1 is 1.29 bits per heavy atom. The lowest BCUT2D eigenvalue weighted by Crippen LogP contribution is -2.44. The van der Waals surface area contributed by atoms with Crippen LogP contribution in [0.25, 0.3) is 0 Å². The van der Waals surface area contributed by atoms with Crippen LogP contribution in [-0.4, -0.2) is 49.6 Å². The second-order valence-electron chi connectivity index (χ2n) is 6.02. The summed E-state index contributed by atoms with van der Waals surface area (Å²) in [6, 6.07) is 1.30. The topological polar surface area (TPSA) is 39.7 Å². The van der Waals surface area contributed by atoms with Crippen LogP contribution in [0.15, 0.2) is 17.1 Å². The average Bonchev–Trinajstić information content (AvgIpc) is 2.97. The average molecular weight is 406 g/mol. The zero-order valence-corrected chi connectivity index (χ0v) is 15.8. The maximum absolute atomic E-state index is 4.30. The SMILES string of the molecule is CN=C(NCCCN1CCCCC1C)NC1CC=CC1.I. The number of hydrogen-bond acceptors (Lipinski definition) is 2. The molecule has 0 saturated carbocycles. The normalized spacial score (nSPS) is 23.9. The molecule has 0 aromatic carbocycles. The molecule has 2 rings (SSSR count). The molecule has 122 valence electrons. The Labute approximate surface area is 146 Å². The summed E-state index contributed by atoms with van der Waals surface area (Å²) in [5.74, 6) is 0.949. The highest BCUT2D eigenvalue weighted by molar-refractivity contribution is 14.0. The molecular weight excluding hydrogens is 375 g/mol. The van der Waals surface area contributed by atoms with Crippen LogP contribution in [0, 0.1) is 0 Å². The molecule has 4 nitrogen and oxygen atoms in total. The molecule has 0 aromatic heterocycles. The van der Waals surface area contributed by atoms with Crippen LogP contribution in [0.1, 0.15) is 45.4 Å². The number of halogens is 1. The van der Waals surface area contributed by atoms with Gasteiger partial charge in [0.15, 0.2) is 5.96 Å². The van der Waals surface area contributed by atoms with Crippen LogP contribution in [0.4, 0.5) is 0 Å². The van der Waals surface area contributed by atoms with Crippen molar-refractivity contribution in [2.75, 3.05) is 26.7 Å². The lowest BCUT2D eigenvalue weighted by Gasteiger charge is -2.33. The predicted molar refractivity (Wildman–Crippen MR) is 102 cm³/mol. The highest BCUT2D eigenvalue weighted by atomic mass is 127. The molecular formula is C16H31IN4. The van der Waals surface area contributed by atoms with Crippen molar-refractivity contribution in [1.82, 2.24) is 15.5 Å². The molecule has 0 radical (unpaired) electrons. The molecule has 0 aromatic rings. The van der Waals surface area contributed by atoms with Gasteiger partial charge >= 0.3 is 0 Å². The van der Waals surface area contributed by atoms with Gasteiger partial charge in [0, 0.05) is 32.2 Å². The molecule has 1 aliphatic heterocycles. The minimum absolute atomic E-state index is 0. The molecule has 1 fully saturated rings. The second kappa shape index (κ2) is 10.4. The maximum Gasteiger partial charge on any atom is 0.191 e. The predicted octanol–water partition coefficient (Wildman–Crippen LogP) is 2.75. The van der Waals surface area contributed by atoms with Gasteiger partial charge in [-0.15, -0.1) is 24.0 Å². The Bertz CT molecular complexity index is 335. The molecule has 1 aliphatic carbocycles.